The van der Waals surface area contributed by atoms with Crippen LogP contribution in [-0.2, 0) is 6.42 Å². The van der Waals surface area contributed by atoms with E-state index in [2.05, 4.69) is 15.8 Å². The molecule has 134 valence electrons. The molecule has 0 bridgehead atoms. The molecule has 0 aliphatic rings. The highest BCUT2D eigenvalue weighted by Gasteiger charge is 2.20. The van der Waals surface area contributed by atoms with Crippen LogP contribution in [0.2, 0.25) is 10.0 Å². The Morgan fingerprint density at radius 2 is 1.65 bits per heavy atom. The van der Waals surface area contributed by atoms with Crippen LogP contribution in [-0.4, -0.2) is 17.6 Å². The quantitative estimate of drug-likeness (QED) is 0.607. The number of halogens is 2. The maximum Gasteiger partial charge on any atom is 0.263 e. The second-order valence-electron chi connectivity index (χ2n) is 5.74. The standard InChI is InChI=1S/C19H17Cl2N3O2/c1-12-17(18(25)23-16-8-6-15(21)7-9-16)19(26-24-12)22-11-10-13-2-4-14(20)5-3-13/h2-9,22H,10-11H2,1H3,(H,23,25). The summed E-state index contributed by atoms with van der Waals surface area (Å²) in [6, 6.07) is 14.5. The molecule has 5 nitrogen and oxygen atoms in total. The summed E-state index contributed by atoms with van der Waals surface area (Å²) in [6.07, 6.45) is 0.759. The van der Waals surface area contributed by atoms with E-state index in [4.69, 9.17) is 27.7 Å². The van der Waals surface area contributed by atoms with Crippen molar-refractivity contribution >= 4 is 40.7 Å². The molecule has 0 saturated carbocycles. The highest BCUT2D eigenvalue weighted by Crippen LogP contribution is 2.22. The van der Waals surface area contributed by atoms with Crippen molar-refractivity contribution in [2.24, 2.45) is 0 Å². The van der Waals surface area contributed by atoms with Gasteiger partial charge in [-0.3, -0.25) is 4.79 Å². The fourth-order valence-electron chi connectivity index (χ4n) is 2.46. The van der Waals surface area contributed by atoms with Gasteiger partial charge in [-0.05, 0) is 55.3 Å². The maximum atomic E-state index is 12.6. The van der Waals surface area contributed by atoms with Gasteiger partial charge in [-0.25, -0.2) is 0 Å². The van der Waals surface area contributed by atoms with Crippen LogP contribution >= 0.6 is 23.2 Å². The lowest BCUT2D eigenvalue weighted by Crippen LogP contribution is -2.15. The van der Waals surface area contributed by atoms with Crippen molar-refractivity contribution in [3.63, 3.8) is 0 Å². The molecule has 0 fully saturated rings. The number of rotatable bonds is 6. The van der Waals surface area contributed by atoms with Gasteiger partial charge in [0, 0.05) is 22.3 Å². The van der Waals surface area contributed by atoms with Gasteiger partial charge in [0.25, 0.3) is 5.91 Å². The number of carbonyl (C=O) groups is 1. The topological polar surface area (TPSA) is 67.2 Å². The first kappa shape index (κ1) is 18.3. The average molecular weight is 390 g/mol. The molecule has 1 aromatic heterocycles. The summed E-state index contributed by atoms with van der Waals surface area (Å²) in [6.45, 7) is 2.32. The van der Waals surface area contributed by atoms with Crippen molar-refractivity contribution in [1.29, 1.82) is 0 Å². The number of carbonyl (C=O) groups excluding carboxylic acids is 1. The number of aryl methyl sites for hydroxylation is 1. The lowest BCUT2D eigenvalue weighted by Gasteiger charge is -2.07. The number of hydrogen-bond donors (Lipinski definition) is 2. The molecule has 0 saturated heterocycles. The summed E-state index contributed by atoms with van der Waals surface area (Å²) in [5.74, 6) is 0.0583. The van der Waals surface area contributed by atoms with Crippen LogP contribution in [0.4, 0.5) is 11.6 Å². The Bertz CT molecular complexity index is 890. The van der Waals surface area contributed by atoms with E-state index in [1.807, 2.05) is 24.3 Å². The van der Waals surface area contributed by atoms with Crippen LogP contribution in [0.5, 0.6) is 0 Å². The predicted molar refractivity (Wildman–Crippen MR) is 104 cm³/mol. The molecule has 1 amide bonds. The molecular formula is C19H17Cl2N3O2. The third-order valence-electron chi connectivity index (χ3n) is 3.80. The predicted octanol–water partition coefficient (Wildman–Crippen LogP) is 5.20. The summed E-state index contributed by atoms with van der Waals surface area (Å²) < 4.78 is 5.27. The Kier molecular flexibility index (Phi) is 5.81. The molecule has 0 aliphatic heterocycles. The Morgan fingerprint density at radius 3 is 2.31 bits per heavy atom. The molecule has 0 aliphatic carbocycles. The molecule has 0 atom stereocenters. The molecule has 1 heterocycles. The van der Waals surface area contributed by atoms with Crippen molar-refractivity contribution in [1.82, 2.24) is 5.16 Å². The first-order valence-corrected chi connectivity index (χ1v) is 8.80. The molecule has 0 unspecified atom stereocenters. The smallest absolute Gasteiger partial charge is 0.263 e. The molecule has 2 aromatic carbocycles. The van der Waals surface area contributed by atoms with Crippen molar-refractivity contribution in [2.45, 2.75) is 13.3 Å². The van der Waals surface area contributed by atoms with E-state index in [0.717, 1.165) is 12.0 Å². The van der Waals surface area contributed by atoms with Gasteiger partial charge in [-0.15, -0.1) is 0 Å². The van der Waals surface area contributed by atoms with Crippen LogP contribution in [0.15, 0.2) is 53.1 Å². The van der Waals surface area contributed by atoms with E-state index < -0.39 is 0 Å². The van der Waals surface area contributed by atoms with Crippen LogP contribution < -0.4 is 10.6 Å². The zero-order valence-electron chi connectivity index (χ0n) is 14.1. The van der Waals surface area contributed by atoms with E-state index in [-0.39, 0.29) is 5.91 Å². The number of aromatic nitrogens is 1. The van der Waals surface area contributed by atoms with Crippen molar-refractivity contribution in [2.75, 3.05) is 17.2 Å². The van der Waals surface area contributed by atoms with Gasteiger partial charge >= 0.3 is 0 Å². The highest BCUT2D eigenvalue weighted by molar-refractivity contribution is 6.30. The summed E-state index contributed by atoms with van der Waals surface area (Å²) in [7, 11) is 0. The number of anilines is 2. The second kappa shape index (κ2) is 8.25. The highest BCUT2D eigenvalue weighted by atomic mass is 35.5. The molecule has 26 heavy (non-hydrogen) atoms. The minimum absolute atomic E-state index is 0.292. The minimum atomic E-state index is -0.292. The van der Waals surface area contributed by atoms with E-state index in [1.54, 1.807) is 31.2 Å². The SMILES string of the molecule is Cc1noc(NCCc2ccc(Cl)cc2)c1C(=O)Nc1ccc(Cl)cc1. The number of hydrogen-bond acceptors (Lipinski definition) is 4. The maximum absolute atomic E-state index is 12.6. The first-order chi connectivity index (χ1) is 12.5. The third-order valence-corrected chi connectivity index (χ3v) is 4.31. The zero-order chi connectivity index (χ0) is 18.5. The minimum Gasteiger partial charge on any atom is -0.353 e. The van der Waals surface area contributed by atoms with Gasteiger partial charge < -0.3 is 15.2 Å². The summed E-state index contributed by atoms with van der Waals surface area (Å²) in [4.78, 5) is 12.6. The van der Waals surface area contributed by atoms with Gasteiger partial charge in [0.2, 0.25) is 5.88 Å². The molecule has 7 heteroatoms. The van der Waals surface area contributed by atoms with E-state index >= 15 is 0 Å². The molecule has 0 radical (unpaired) electrons. The average Bonchev–Trinajstić information content (AvgIpc) is 2.99. The lowest BCUT2D eigenvalue weighted by atomic mass is 10.1. The van der Waals surface area contributed by atoms with Gasteiger partial charge in [0.15, 0.2) is 0 Å². The number of nitrogens with zero attached hydrogens (tertiary/aromatic N) is 1. The van der Waals surface area contributed by atoms with Gasteiger partial charge in [-0.2, -0.15) is 0 Å². The summed E-state index contributed by atoms with van der Waals surface area (Å²) >= 11 is 11.7. The normalized spacial score (nSPS) is 10.6. The molecule has 0 spiro atoms. The number of benzene rings is 2. The Labute approximate surface area is 161 Å². The molecule has 3 aromatic rings. The van der Waals surface area contributed by atoms with Crippen LogP contribution in [0.3, 0.4) is 0 Å². The first-order valence-electron chi connectivity index (χ1n) is 8.04. The second-order valence-corrected chi connectivity index (χ2v) is 6.61. The zero-order valence-corrected chi connectivity index (χ0v) is 15.6. The lowest BCUT2D eigenvalue weighted by molar-refractivity contribution is 0.102. The van der Waals surface area contributed by atoms with Crippen molar-refractivity contribution in [3.8, 4) is 0 Å². The van der Waals surface area contributed by atoms with Gasteiger partial charge in [-0.1, -0.05) is 40.5 Å². The van der Waals surface area contributed by atoms with Gasteiger partial charge in [0.05, 0.1) is 5.69 Å². The fourth-order valence-corrected chi connectivity index (χ4v) is 2.71. The molecule has 2 N–H and O–H groups in total. The monoisotopic (exact) mass is 389 g/mol. The Balaban J connectivity index is 1.64. The van der Waals surface area contributed by atoms with E-state index in [0.29, 0.717) is 39.4 Å². The molecule has 3 rings (SSSR count). The third kappa shape index (κ3) is 4.56. The summed E-state index contributed by atoms with van der Waals surface area (Å²) in [5.41, 5.74) is 2.68. The van der Waals surface area contributed by atoms with Crippen LogP contribution in [0, 0.1) is 6.92 Å². The number of nitrogens with one attached hydrogen (secondary N) is 2. The van der Waals surface area contributed by atoms with Crippen molar-refractivity contribution in [3.05, 3.63) is 75.4 Å². The number of amides is 1. The van der Waals surface area contributed by atoms with E-state index in [1.165, 1.54) is 0 Å². The Hall–Kier alpha value is -2.50. The largest absolute Gasteiger partial charge is 0.353 e. The summed E-state index contributed by atoms with van der Waals surface area (Å²) in [5, 5.41) is 11.1. The fraction of sp³-hybridized carbons (Fsp3) is 0.158. The van der Waals surface area contributed by atoms with E-state index in [9.17, 15) is 4.79 Å². The van der Waals surface area contributed by atoms with Crippen LogP contribution in [0.1, 0.15) is 21.6 Å². The molecular weight excluding hydrogens is 373 g/mol. The van der Waals surface area contributed by atoms with Crippen molar-refractivity contribution < 1.29 is 9.32 Å². The van der Waals surface area contributed by atoms with Crippen LogP contribution in [0.25, 0.3) is 0 Å². The van der Waals surface area contributed by atoms with Gasteiger partial charge in [0.1, 0.15) is 5.56 Å². The Morgan fingerprint density at radius 1 is 1.04 bits per heavy atom.